The molecule has 0 saturated carbocycles. The molecule has 1 amide bonds. The number of carbonyl (C=O) groups is 1. The van der Waals surface area contributed by atoms with E-state index < -0.39 is 0 Å². The fourth-order valence-electron chi connectivity index (χ4n) is 2.43. The second-order valence-electron chi connectivity index (χ2n) is 5.75. The van der Waals surface area contributed by atoms with Crippen LogP contribution < -0.4 is 10.6 Å². The van der Waals surface area contributed by atoms with Gasteiger partial charge in [-0.05, 0) is 43.6 Å². The van der Waals surface area contributed by atoms with Crippen molar-refractivity contribution >= 4 is 29.9 Å². The first-order chi connectivity index (χ1) is 10.1. The summed E-state index contributed by atoms with van der Waals surface area (Å²) in [6.45, 7) is 5.47. The molecule has 0 atom stereocenters. The van der Waals surface area contributed by atoms with E-state index in [0.717, 1.165) is 36.5 Å². The second kappa shape index (κ2) is 9.36. The number of benzene rings is 1. The molecule has 124 valence electrons. The minimum Gasteiger partial charge on any atom is -0.375 e. The first kappa shape index (κ1) is 19.2. The van der Waals surface area contributed by atoms with E-state index in [4.69, 9.17) is 16.3 Å². The van der Waals surface area contributed by atoms with Crippen LogP contribution in [0.1, 0.15) is 25.3 Å². The van der Waals surface area contributed by atoms with E-state index in [-0.39, 0.29) is 23.7 Å². The third-order valence-corrected chi connectivity index (χ3v) is 4.22. The number of nitrogens with one attached hydrogen (secondary N) is 2. The van der Waals surface area contributed by atoms with E-state index in [0.29, 0.717) is 19.8 Å². The summed E-state index contributed by atoms with van der Waals surface area (Å²) < 4.78 is 5.56. The number of halogens is 2. The van der Waals surface area contributed by atoms with Crippen LogP contribution in [0.25, 0.3) is 0 Å². The largest absolute Gasteiger partial charge is 0.375 e. The smallest absolute Gasteiger partial charge is 0.226 e. The van der Waals surface area contributed by atoms with E-state index in [1.54, 1.807) is 0 Å². The molecule has 1 aromatic carbocycles. The van der Waals surface area contributed by atoms with Crippen molar-refractivity contribution in [3.05, 3.63) is 34.9 Å². The van der Waals surface area contributed by atoms with Gasteiger partial charge < -0.3 is 15.4 Å². The van der Waals surface area contributed by atoms with Crippen LogP contribution in [0.15, 0.2) is 24.3 Å². The van der Waals surface area contributed by atoms with Crippen molar-refractivity contribution in [2.24, 2.45) is 5.41 Å². The third-order valence-electron chi connectivity index (χ3n) is 3.97. The number of rotatable bonds is 6. The number of hydrogen-bond donors (Lipinski definition) is 2. The average Bonchev–Trinajstić information content (AvgIpc) is 2.49. The Bertz CT molecular complexity index is 460. The predicted molar refractivity (Wildman–Crippen MR) is 91.6 cm³/mol. The first-order valence-electron chi connectivity index (χ1n) is 7.41. The van der Waals surface area contributed by atoms with Gasteiger partial charge in [-0.3, -0.25) is 4.79 Å². The molecule has 0 unspecified atom stereocenters. The van der Waals surface area contributed by atoms with Crippen molar-refractivity contribution in [3.8, 4) is 0 Å². The molecule has 2 rings (SSSR count). The van der Waals surface area contributed by atoms with Crippen LogP contribution in [0.4, 0.5) is 0 Å². The number of carbonyl (C=O) groups excluding carboxylic acids is 1. The maximum atomic E-state index is 12.2. The molecule has 1 aliphatic rings. The Kier molecular flexibility index (Phi) is 8.18. The SMILES string of the molecule is CC1(C(=O)NCCOCc2ccc(Cl)cc2)CCNCC1.Cl. The summed E-state index contributed by atoms with van der Waals surface area (Å²) in [4.78, 5) is 12.2. The zero-order chi connectivity index (χ0) is 15.1. The molecule has 6 heteroatoms. The van der Waals surface area contributed by atoms with Gasteiger partial charge in [0.2, 0.25) is 5.91 Å². The summed E-state index contributed by atoms with van der Waals surface area (Å²) in [5.74, 6) is 0.138. The molecule has 1 saturated heterocycles. The monoisotopic (exact) mass is 346 g/mol. The Balaban J connectivity index is 0.00000242. The molecule has 4 nitrogen and oxygen atoms in total. The van der Waals surface area contributed by atoms with Crippen LogP contribution in [-0.4, -0.2) is 32.1 Å². The molecule has 0 radical (unpaired) electrons. The van der Waals surface area contributed by atoms with E-state index in [1.165, 1.54) is 0 Å². The zero-order valence-electron chi connectivity index (χ0n) is 12.9. The van der Waals surface area contributed by atoms with E-state index in [2.05, 4.69) is 10.6 Å². The Labute approximate surface area is 143 Å². The fraction of sp³-hybridized carbons (Fsp3) is 0.562. The standard InChI is InChI=1S/C16H23ClN2O2.ClH/c1-16(6-8-18-9-7-16)15(20)19-10-11-21-12-13-2-4-14(17)5-3-13;/h2-5,18H,6-12H2,1H3,(H,19,20);1H. The molecular weight excluding hydrogens is 323 g/mol. The fourth-order valence-corrected chi connectivity index (χ4v) is 2.55. The Morgan fingerprint density at radius 3 is 2.59 bits per heavy atom. The Morgan fingerprint density at radius 1 is 1.32 bits per heavy atom. The van der Waals surface area contributed by atoms with Crippen molar-refractivity contribution in [2.75, 3.05) is 26.2 Å². The normalized spacial score (nSPS) is 16.6. The van der Waals surface area contributed by atoms with Crippen molar-refractivity contribution < 1.29 is 9.53 Å². The highest BCUT2D eigenvalue weighted by atomic mass is 35.5. The van der Waals surface area contributed by atoms with Crippen LogP contribution in [-0.2, 0) is 16.1 Å². The van der Waals surface area contributed by atoms with E-state index >= 15 is 0 Å². The summed E-state index contributed by atoms with van der Waals surface area (Å²) in [6, 6.07) is 7.58. The molecule has 1 heterocycles. The molecule has 1 fully saturated rings. The summed E-state index contributed by atoms with van der Waals surface area (Å²) in [5.41, 5.74) is 0.845. The summed E-state index contributed by atoms with van der Waals surface area (Å²) in [6.07, 6.45) is 1.79. The molecular formula is C16H24Cl2N2O2. The van der Waals surface area contributed by atoms with Gasteiger partial charge in [0, 0.05) is 17.0 Å². The highest BCUT2D eigenvalue weighted by Crippen LogP contribution is 2.27. The molecule has 0 aromatic heterocycles. The molecule has 0 aliphatic carbocycles. The van der Waals surface area contributed by atoms with Crippen molar-refractivity contribution in [2.45, 2.75) is 26.4 Å². The van der Waals surface area contributed by atoms with Gasteiger partial charge in [-0.1, -0.05) is 30.7 Å². The first-order valence-corrected chi connectivity index (χ1v) is 7.79. The number of hydrogen-bond acceptors (Lipinski definition) is 3. The van der Waals surface area contributed by atoms with Crippen LogP contribution in [0.5, 0.6) is 0 Å². The van der Waals surface area contributed by atoms with Gasteiger partial charge in [0.05, 0.1) is 13.2 Å². The molecule has 22 heavy (non-hydrogen) atoms. The van der Waals surface area contributed by atoms with E-state index in [9.17, 15) is 4.79 Å². The number of ether oxygens (including phenoxy) is 1. The molecule has 0 spiro atoms. The maximum Gasteiger partial charge on any atom is 0.226 e. The number of amides is 1. The molecule has 1 aliphatic heterocycles. The van der Waals surface area contributed by atoms with Gasteiger partial charge in [0.15, 0.2) is 0 Å². The Hall–Kier alpha value is -0.810. The lowest BCUT2D eigenvalue weighted by Gasteiger charge is -2.32. The average molecular weight is 347 g/mol. The second-order valence-corrected chi connectivity index (χ2v) is 6.18. The summed E-state index contributed by atoms with van der Waals surface area (Å²) in [7, 11) is 0. The quantitative estimate of drug-likeness (QED) is 0.778. The third kappa shape index (κ3) is 5.76. The highest BCUT2D eigenvalue weighted by Gasteiger charge is 2.33. The summed E-state index contributed by atoms with van der Waals surface area (Å²) >= 11 is 5.82. The van der Waals surface area contributed by atoms with Gasteiger partial charge in [-0.15, -0.1) is 12.4 Å². The van der Waals surface area contributed by atoms with Gasteiger partial charge in [0.25, 0.3) is 0 Å². The molecule has 0 bridgehead atoms. The molecule has 2 N–H and O–H groups in total. The van der Waals surface area contributed by atoms with Crippen LogP contribution >= 0.6 is 24.0 Å². The van der Waals surface area contributed by atoms with Crippen molar-refractivity contribution in [1.82, 2.24) is 10.6 Å². The van der Waals surface area contributed by atoms with Crippen LogP contribution in [0.3, 0.4) is 0 Å². The van der Waals surface area contributed by atoms with Gasteiger partial charge in [-0.2, -0.15) is 0 Å². The molecule has 1 aromatic rings. The maximum absolute atomic E-state index is 12.2. The predicted octanol–water partition coefficient (Wildman–Crippen LogP) is 2.78. The topological polar surface area (TPSA) is 50.4 Å². The lowest BCUT2D eigenvalue weighted by molar-refractivity contribution is -0.131. The highest BCUT2D eigenvalue weighted by molar-refractivity contribution is 6.30. The Morgan fingerprint density at radius 2 is 1.95 bits per heavy atom. The lowest BCUT2D eigenvalue weighted by Crippen LogP contribution is -2.46. The van der Waals surface area contributed by atoms with Crippen molar-refractivity contribution in [1.29, 1.82) is 0 Å². The van der Waals surface area contributed by atoms with Crippen LogP contribution in [0.2, 0.25) is 5.02 Å². The number of piperidine rings is 1. The van der Waals surface area contributed by atoms with Gasteiger partial charge in [0.1, 0.15) is 0 Å². The minimum absolute atomic E-state index is 0. The lowest BCUT2D eigenvalue weighted by atomic mass is 9.80. The van der Waals surface area contributed by atoms with Gasteiger partial charge in [-0.25, -0.2) is 0 Å². The summed E-state index contributed by atoms with van der Waals surface area (Å²) in [5, 5.41) is 6.98. The van der Waals surface area contributed by atoms with Crippen LogP contribution in [0, 0.1) is 5.41 Å². The van der Waals surface area contributed by atoms with Crippen molar-refractivity contribution in [3.63, 3.8) is 0 Å². The zero-order valence-corrected chi connectivity index (χ0v) is 14.4. The van der Waals surface area contributed by atoms with Gasteiger partial charge >= 0.3 is 0 Å². The van der Waals surface area contributed by atoms with E-state index in [1.807, 2.05) is 31.2 Å². The minimum atomic E-state index is -0.235.